The number of carbonyl (C=O) groups excluding carboxylic acids is 1. The molecule has 4 rings (SSSR count). The van der Waals surface area contributed by atoms with E-state index in [-0.39, 0.29) is 11.9 Å². The van der Waals surface area contributed by atoms with Crippen LogP contribution in [0.1, 0.15) is 28.8 Å². The summed E-state index contributed by atoms with van der Waals surface area (Å²) in [5.74, 6) is 0.0673. The van der Waals surface area contributed by atoms with Crippen molar-refractivity contribution in [3.8, 4) is 11.3 Å². The summed E-state index contributed by atoms with van der Waals surface area (Å²) in [4.78, 5) is 22.6. The predicted molar refractivity (Wildman–Crippen MR) is 111 cm³/mol. The SMILES string of the molecule is Cc1cccc2c(C(=O)N(C)C3CCN(C)CC3)cc(-c3cnn(C)c3)nc12. The van der Waals surface area contributed by atoms with Crippen molar-refractivity contribution in [2.45, 2.75) is 25.8 Å². The number of fused-ring (bicyclic) bond motifs is 1. The Morgan fingerprint density at radius 2 is 1.96 bits per heavy atom. The van der Waals surface area contributed by atoms with Crippen LogP contribution in [-0.4, -0.2) is 63.7 Å². The van der Waals surface area contributed by atoms with Crippen molar-refractivity contribution >= 4 is 16.8 Å². The molecule has 1 aromatic carbocycles. The molecule has 1 amide bonds. The first-order chi connectivity index (χ1) is 13.4. The quantitative estimate of drug-likeness (QED) is 0.704. The van der Waals surface area contributed by atoms with Gasteiger partial charge >= 0.3 is 0 Å². The van der Waals surface area contributed by atoms with Crippen LogP contribution in [0, 0.1) is 6.92 Å². The van der Waals surface area contributed by atoms with Crippen LogP contribution >= 0.6 is 0 Å². The fourth-order valence-corrected chi connectivity index (χ4v) is 4.01. The van der Waals surface area contributed by atoms with Crippen molar-refractivity contribution in [1.82, 2.24) is 24.6 Å². The Hall–Kier alpha value is -2.73. The second kappa shape index (κ2) is 7.36. The maximum Gasteiger partial charge on any atom is 0.254 e. The van der Waals surface area contributed by atoms with Gasteiger partial charge < -0.3 is 9.80 Å². The number of hydrogen-bond acceptors (Lipinski definition) is 4. The first-order valence-corrected chi connectivity index (χ1v) is 9.79. The summed E-state index contributed by atoms with van der Waals surface area (Å²) in [7, 11) is 5.96. The molecule has 3 aromatic rings. The van der Waals surface area contributed by atoms with Gasteiger partial charge in [-0.1, -0.05) is 18.2 Å². The number of aryl methyl sites for hydroxylation is 2. The van der Waals surface area contributed by atoms with Crippen molar-refractivity contribution in [3.05, 3.63) is 47.8 Å². The number of likely N-dealkylation sites (tertiary alicyclic amines) is 1. The van der Waals surface area contributed by atoms with E-state index in [9.17, 15) is 4.79 Å². The van der Waals surface area contributed by atoms with Gasteiger partial charge in [0.2, 0.25) is 0 Å². The van der Waals surface area contributed by atoms with E-state index in [4.69, 9.17) is 4.98 Å². The summed E-state index contributed by atoms with van der Waals surface area (Å²) in [6.07, 6.45) is 5.75. The zero-order valence-corrected chi connectivity index (χ0v) is 17.0. The first-order valence-electron chi connectivity index (χ1n) is 9.79. The minimum Gasteiger partial charge on any atom is -0.339 e. The number of pyridine rings is 1. The highest BCUT2D eigenvalue weighted by molar-refractivity contribution is 6.07. The van der Waals surface area contributed by atoms with E-state index < -0.39 is 0 Å². The van der Waals surface area contributed by atoms with E-state index in [2.05, 4.69) is 17.0 Å². The third kappa shape index (κ3) is 3.40. The molecule has 3 heterocycles. The average molecular weight is 377 g/mol. The molecule has 2 aromatic heterocycles. The van der Waals surface area contributed by atoms with Gasteiger partial charge in [0.15, 0.2) is 0 Å². The normalized spacial score (nSPS) is 15.9. The van der Waals surface area contributed by atoms with Gasteiger partial charge in [-0.15, -0.1) is 0 Å². The smallest absolute Gasteiger partial charge is 0.254 e. The lowest BCUT2D eigenvalue weighted by atomic mass is 9.99. The Morgan fingerprint density at radius 1 is 1.21 bits per heavy atom. The Kier molecular flexibility index (Phi) is 4.89. The zero-order valence-electron chi connectivity index (χ0n) is 17.0. The van der Waals surface area contributed by atoms with Crippen LogP contribution in [0.25, 0.3) is 22.2 Å². The molecule has 0 unspecified atom stereocenters. The average Bonchev–Trinajstić information content (AvgIpc) is 3.13. The van der Waals surface area contributed by atoms with Gasteiger partial charge in [-0.25, -0.2) is 4.98 Å². The third-order valence-electron chi connectivity index (χ3n) is 5.83. The van der Waals surface area contributed by atoms with Gasteiger partial charge in [-0.2, -0.15) is 5.10 Å². The van der Waals surface area contributed by atoms with E-state index >= 15 is 0 Å². The van der Waals surface area contributed by atoms with E-state index in [0.717, 1.165) is 53.7 Å². The van der Waals surface area contributed by atoms with E-state index in [1.807, 2.05) is 56.4 Å². The highest BCUT2D eigenvalue weighted by Crippen LogP contribution is 2.28. The molecule has 0 N–H and O–H groups in total. The lowest BCUT2D eigenvalue weighted by Gasteiger charge is -2.35. The largest absolute Gasteiger partial charge is 0.339 e. The minimum atomic E-state index is 0.0673. The first kappa shape index (κ1) is 18.6. The Bertz CT molecular complexity index is 1020. The van der Waals surface area contributed by atoms with Crippen LogP contribution in [-0.2, 0) is 7.05 Å². The molecule has 0 radical (unpaired) electrons. The summed E-state index contributed by atoms with van der Waals surface area (Å²) in [5, 5.41) is 5.18. The topological polar surface area (TPSA) is 54.3 Å². The van der Waals surface area contributed by atoms with Crippen molar-refractivity contribution in [2.75, 3.05) is 27.2 Å². The summed E-state index contributed by atoms with van der Waals surface area (Å²) >= 11 is 0. The molecule has 1 aliphatic heterocycles. The van der Waals surface area contributed by atoms with Gasteiger partial charge in [0.1, 0.15) is 0 Å². The Balaban J connectivity index is 1.78. The number of para-hydroxylation sites is 1. The summed E-state index contributed by atoms with van der Waals surface area (Å²) in [6.45, 7) is 4.09. The lowest BCUT2D eigenvalue weighted by molar-refractivity contribution is 0.0661. The number of carbonyl (C=O) groups is 1. The van der Waals surface area contributed by atoms with Crippen LogP contribution in [0.3, 0.4) is 0 Å². The molecule has 1 fully saturated rings. The second-order valence-electron chi connectivity index (χ2n) is 7.88. The van der Waals surface area contributed by atoms with Crippen LogP contribution in [0.2, 0.25) is 0 Å². The molecule has 0 saturated carbocycles. The zero-order chi connectivity index (χ0) is 19.8. The van der Waals surface area contributed by atoms with Crippen molar-refractivity contribution in [2.24, 2.45) is 7.05 Å². The summed E-state index contributed by atoms with van der Waals surface area (Å²) in [5.41, 5.74) is 4.37. The maximum atomic E-state index is 13.5. The number of nitrogens with zero attached hydrogens (tertiary/aromatic N) is 5. The predicted octanol–water partition coefficient (Wildman–Crippen LogP) is 3.11. The Morgan fingerprint density at radius 3 is 2.64 bits per heavy atom. The van der Waals surface area contributed by atoms with Gasteiger partial charge in [0.25, 0.3) is 5.91 Å². The Labute approximate surface area is 165 Å². The van der Waals surface area contributed by atoms with Crippen LogP contribution < -0.4 is 0 Å². The molecule has 0 spiro atoms. The number of benzene rings is 1. The molecule has 0 bridgehead atoms. The molecule has 6 nitrogen and oxygen atoms in total. The van der Waals surface area contributed by atoms with Gasteiger partial charge in [-0.05, 0) is 51.5 Å². The summed E-state index contributed by atoms with van der Waals surface area (Å²) < 4.78 is 1.76. The van der Waals surface area contributed by atoms with Crippen molar-refractivity contribution in [3.63, 3.8) is 0 Å². The molecule has 28 heavy (non-hydrogen) atoms. The van der Waals surface area contributed by atoms with Crippen LogP contribution in [0.15, 0.2) is 36.7 Å². The molecule has 6 heteroatoms. The monoisotopic (exact) mass is 377 g/mol. The van der Waals surface area contributed by atoms with E-state index in [1.54, 1.807) is 10.9 Å². The maximum absolute atomic E-state index is 13.5. The molecular formula is C22H27N5O. The molecular weight excluding hydrogens is 350 g/mol. The van der Waals surface area contributed by atoms with Crippen molar-refractivity contribution < 1.29 is 4.79 Å². The number of hydrogen-bond donors (Lipinski definition) is 0. The second-order valence-corrected chi connectivity index (χ2v) is 7.88. The standard InChI is InChI=1S/C22H27N5O/c1-15-6-5-7-18-19(22(28)27(4)17-8-10-25(2)11-9-17)12-20(24-21(15)18)16-13-23-26(3)14-16/h5-7,12-14,17H,8-11H2,1-4H3. The molecule has 0 atom stereocenters. The third-order valence-corrected chi connectivity index (χ3v) is 5.83. The fraction of sp³-hybridized carbons (Fsp3) is 0.409. The highest BCUT2D eigenvalue weighted by atomic mass is 16.2. The van der Waals surface area contributed by atoms with Gasteiger partial charge in [0.05, 0.1) is 23.0 Å². The van der Waals surface area contributed by atoms with Gasteiger partial charge in [-0.3, -0.25) is 9.48 Å². The highest BCUT2D eigenvalue weighted by Gasteiger charge is 2.26. The lowest BCUT2D eigenvalue weighted by Crippen LogP contribution is -2.44. The number of piperidine rings is 1. The molecule has 1 saturated heterocycles. The van der Waals surface area contributed by atoms with Crippen molar-refractivity contribution in [1.29, 1.82) is 0 Å². The van der Waals surface area contributed by atoms with Crippen LogP contribution in [0.4, 0.5) is 0 Å². The molecule has 146 valence electrons. The molecule has 0 aliphatic carbocycles. The minimum absolute atomic E-state index is 0.0673. The van der Waals surface area contributed by atoms with E-state index in [1.165, 1.54) is 0 Å². The number of rotatable bonds is 3. The number of amides is 1. The fourth-order valence-electron chi connectivity index (χ4n) is 4.01. The van der Waals surface area contributed by atoms with E-state index in [0.29, 0.717) is 5.56 Å². The number of aromatic nitrogens is 3. The molecule has 1 aliphatic rings. The van der Waals surface area contributed by atoms with Crippen LogP contribution in [0.5, 0.6) is 0 Å². The van der Waals surface area contributed by atoms with Gasteiger partial charge in [0, 0.05) is 37.3 Å². The summed E-state index contributed by atoms with van der Waals surface area (Å²) in [6, 6.07) is 8.23.